The Morgan fingerprint density at radius 2 is 1.86 bits per heavy atom. The Hall–Kier alpha value is -2.91. The number of carbonyl (C=O) groups is 1. The molecule has 1 aromatic heterocycles. The summed E-state index contributed by atoms with van der Waals surface area (Å²) < 4.78 is 38.3. The number of aromatic carboxylic acids is 1. The molecule has 2 rings (SSSR count). The predicted octanol–water partition coefficient (Wildman–Crippen LogP) is 2.50. The molecule has 0 spiro atoms. The van der Waals surface area contributed by atoms with Crippen molar-refractivity contribution < 1.29 is 28.0 Å². The maximum Gasteiger partial charge on any atom is 0.435 e. The van der Waals surface area contributed by atoms with Gasteiger partial charge in [-0.05, 0) is 12.1 Å². The van der Waals surface area contributed by atoms with Crippen molar-refractivity contribution in [3.8, 4) is 5.69 Å². The van der Waals surface area contributed by atoms with Crippen LogP contribution in [0.25, 0.3) is 5.69 Å². The zero-order valence-corrected chi connectivity index (χ0v) is 10.0. The summed E-state index contributed by atoms with van der Waals surface area (Å²) >= 11 is 0. The van der Waals surface area contributed by atoms with E-state index >= 15 is 0 Å². The average Bonchev–Trinajstić information content (AvgIpc) is 2.83. The van der Waals surface area contributed by atoms with Crippen LogP contribution < -0.4 is 0 Å². The van der Waals surface area contributed by atoms with Crippen molar-refractivity contribution in [3.05, 3.63) is 51.8 Å². The highest BCUT2D eigenvalue weighted by molar-refractivity contribution is 5.86. The van der Waals surface area contributed by atoms with E-state index in [0.29, 0.717) is 10.7 Å². The molecular weight excluding hydrogens is 295 g/mol. The van der Waals surface area contributed by atoms with Gasteiger partial charge in [0, 0.05) is 18.2 Å². The summed E-state index contributed by atoms with van der Waals surface area (Å²) in [6.07, 6.45) is -4.80. The number of hydrogen-bond donors (Lipinski definition) is 1. The molecule has 0 amide bonds. The molecule has 0 aliphatic heterocycles. The first kappa shape index (κ1) is 14.5. The molecule has 0 saturated carbocycles. The Kier molecular flexibility index (Phi) is 3.37. The van der Waals surface area contributed by atoms with E-state index in [1.165, 1.54) is 0 Å². The van der Waals surface area contributed by atoms with E-state index in [2.05, 4.69) is 5.10 Å². The zero-order chi connectivity index (χ0) is 15.8. The lowest BCUT2D eigenvalue weighted by Gasteiger charge is -2.04. The van der Waals surface area contributed by atoms with Gasteiger partial charge in [-0.2, -0.15) is 18.3 Å². The number of carboxylic acids is 1. The topological polar surface area (TPSA) is 98.3 Å². The maximum atomic E-state index is 12.6. The van der Waals surface area contributed by atoms with Crippen LogP contribution in [-0.2, 0) is 6.18 Å². The molecule has 0 aliphatic rings. The third-order valence-electron chi connectivity index (χ3n) is 2.52. The standard InChI is InChI=1S/C11H6F3N3O4/c12-11(13,14)9-5-8(10(18)19)16(15-9)6-1-3-7(4-2-6)17(20)21/h1-5H,(H,18,19). The van der Waals surface area contributed by atoms with Crippen LogP contribution in [0.5, 0.6) is 0 Å². The molecule has 21 heavy (non-hydrogen) atoms. The summed E-state index contributed by atoms with van der Waals surface area (Å²) in [6.45, 7) is 0. The molecule has 1 N–H and O–H groups in total. The van der Waals surface area contributed by atoms with Crippen molar-refractivity contribution in [2.75, 3.05) is 0 Å². The molecule has 10 heteroatoms. The summed E-state index contributed by atoms with van der Waals surface area (Å²) in [6, 6.07) is 4.69. The number of nitro benzene ring substituents is 1. The van der Waals surface area contributed by atoms with E-state index in [9.17, 15) is 28.1 Å². The number of hydrogen-bond acceptors (Lipinski definition) is 4. The second-order valence-corrected chi connectivity index (χ2v) is 3.90. The van der Waals surface area contributed by atoms with Crippen molar-refractivity contribution >= 4 is 11.7 Å². The number of non-ortho nitro benzene ring substituents is 1. The fourth-order valence-corrected chi connectivity index (χ4v) is 1.58. The third kappa shape index (κ3) is 2.83. The van der Waals surface area contributed by atoms with Crippen LogP contribution >= 0.6 is 0 Å². The summed E-state index contributed by atoms with van der Waals surface area (Å²) in [5.74, 6) is -1.60. The van der Waals surface area contributed by atoms with Gasteiger partial charge < -0.3 is 5.11 Å². The molecule has 0 aliphatic carbocycles. The van der Waals surface area contributed by atoms with Gasteiger partial charge >= 0.3 is 12.1 Å². The zero-order valence-electron chi connectivity index (χ0n) is 10.0. The van der Waals surface area contributed by atoms with Gasteiger partial charge in [0.15, 0.2) is 11.4 Å². The van der Waals surface area contributed by atoms with Gasteiger partial charge in [-0.15, -0.1) is 0 Å². The smallest absolute Gasteiger partial charge is 0.435 e. The Balaban J connectivity index is 2.54. The van der Waals surface area contributed by atoms with Crippen LogP contribution in [0.2, 0.25) is 0 Å². The molecule has 0 fully saturated rings. The second kappa shape index (κ2) is 4.89. The average molecular weight is 301 g/mol. The van der Waals surface area contributed by atoms with Gasteiger partial charge in [-0.25, -0.2) is 9.48 Å². The number of benzene rings is 1. The molecule has 0 bridgehead atoms. The lowest BCUT2D eigenvalue weighted by molar-refractivity contribution is -0.384. The monoisotopic (exact) mass is 301 g/mol. The van der Waals surface area contributed by atoms with E-state index in [-0.39, 0.29) is 11.4 Å². The molecule has 0 saturated heterocycles. The summed E-state index contributed by atoms with van der Waals surface area (Å²) in [5, 5.41) is 22.6. The highest BCUT2D eigenvalue weighted by Gasteiger charge is 2.36. The van der Waals surface area contributed by atoms with Crippen molar-refractivity contribution in [3.63, 3.8) is 0 Å². The normalized spacial score (nSPS) is 11.4. The van der Waals surface area contributed by atoms with Crippen molar-refractivity contribution in [2.24, 2.45) is 0 Å². The molecule has 0 radical (unpaired) electrons. The van der Waals surface area contributed by atoms with Crippen LogP contribution in [-0.4, -0.2) is 25.8 Å². The molecule has 2 aromatic rings. The Morgan fingerprint density at radius 3 is 2.29 bits per heavy atom. The minimum Gasteiger partial charge on any atom is -0.477 e. The number of halogens is 3. The van der Waals surface area contributed by atoms with Crippen LogP contribution in [0.3, 0.4) is 0 Å². The minimum atomic E-state index is -4.80. The lowest BCUT2D eigenvalue weighted by atomic mass is 10.3. The highest BCUT2D eigenvalue weighted by atomic mass is 19.4. The number of carboxylic acid groups (broad SMARTS) is 1. The molecule has 110 valence electrons. The van der Waals surface area contributed by atoms with E-state index < -0.39 is 28.5 Å². The fraction of sp³-hybridized carbons (Fsp3) is 0.0909. The van der Waals surface area contributed by atoms with Crippen molar-refractivity contribution in [1.29, 1.82) is 0 Å². The van der Waals surface area contributed by atoms with Gasteiger partial charge in [0.2, 0.25) is 0 Å². The predicted molar refractivity (Wildman–Crippen MR) is 62.2 cm³/mol. The Morgan fingerprint density at radius 1 is 1.29 bits per heavy atom. The number of aromatic nitrogens is 2. The molecule has 0 unspecified atom stereocenters. The first-order chi connectivity index (χ1) is 9.70. The van der Waals surface area contributed by atoms with E-state index in [1.807, 2.05) is 0 Å². The van der Waals surface area contributed by atoms with Crippen LogP contribution in [0.4, 0.5) is 18.9 Å². The Labute approximate surface area is 114 Å². The van der Waals surface area contributed by atoms with E-state index in [0.717, 1.165) is 24.3 Å². The van der Waals surface area contributed by atoms with Crippen LogP contribution in [0.15, 0.2) is 30.3 Å². The van der Waals surface area contributed by atoms with Gasteiger partial charge in [0.25, 0.3) is 5.69 Å². The SMILES string of the molecule is O=C(O)c1cc(C(F)(F)F)nn1-c1ccc([N+](=O)[O-])cc1. The lowest BCUT2D eigenvalue weighted by Crippen LogP contribution is -2.09. The number of nitro groups is 1. The molecular formula is C11H6F3N3O4. The van der Waals surface area contributed by atoms with E-state index in [4.69, 9.17) is 5.11 Å². The number of alkyl halides is 3. The largest absolute Gasteiger partial charge is 0.477 e. The highest BCUT2D eigenvalue weighted by Crippen LogP contribution is 2.29. The van der Waals surface area contributed by atoms with Gasteiger partial charge in [0.05, 0.1) is 10.6 Å². The molecule has 1 heterocycles. The van der Waals surface area contributed by atoms with Crippen LogP contribution in [0.1, 0.15) is 16.2 Å². The van der Waals surface area contributed by atoms with Gasteiger partial charge in [0.1, 0.15) is 0 Å². The summed E-state index contributed by atoms with van der Waals surface area (Å²) in [5.41, 5.74) is -2.37. The fourth-order valence-electron chi connectivity index (χ4n) is 1.58. The summed E-state index contributed by atoms with van der Waals surface area (Å²) in [4.78, 5) is 20.8. The summed E-state index contributed by atoms with van der Waals surface area (Å²) in [7, 11) is 0. The van der Waals surface area contributed by atoms with Gasteiger partial charge in [-0.3, -0.25) is 10.1 Å². The first-order valence-electron chi connectivity index (χ1n) is 5.35. The third-order valence-corrected chi connectivity index (χ3v) is 2.52. The molecule has 0 atom stereocenters. The van der Waals surface area contributed by atoms with Gasteiger partial charge in [-0.1, -0.05) is 0 Å². The van der Waals surface area contributed by atoms with Crippen LogP contribution in [0, 0.1) is 10.1 Å². The van der Waals surface area contributed by atoms with E-state index in [1.54, 1.807) is 0 Å². The molecule has 7 nitrogen and oxygen atoms in total. The number of rotatable bonds is 3. The Bertz CT molecular complexity index is 706. The maximum absolute atomic E-state index is 12.6. The second-order valence-electron chi connectivity index (χ2n) is 3.90. The van der Waals surface area contributed by atoms with Crippen molar-refractivity contribution in [1.82, 2.24) is 9.78 Å². The van der Waals surface area contributed by atoms with Crippen molar-refractivity contribution in [2.45, 2.75) is 6.18 Å². The quantitative estimate of drug-likeness (QED) is 0.693. The minimum absolute atomic E-state index is 0.0338. The number of nitrogens with zero attached hydrogens (tertiary/aromatic N) is 3. The first-order valence-corrected chi connectivity index (χ1v) is 5.35. The molecule has 1 aromatic carbocycles.